The molecular formula is C7H9IN2OS. The Bertz CT molecular complexity index is 283. The van der Waals surface area contributed by atoms with Gasteiger partial charge < -0.3 is 4.52 Å². The molecule has 1 aliphatic rings. The van der Waals surface area contributed by atoms with Crippen LogP contribution in [0, 0.1) is 3.83 Å². The van der Waals surface area contributed by atoms with Crippen molar-refractivity contribution in [3.05, 3.63) is 9.72 Å². The monoisotopic (exact) mass is 296 g/mol. The molecule has 1 aromatic rings. The first kappa shape index (κ1) is 8.80. The highest BCUT2D eigenvalue weighted by atomic mass is 127. The van der Waals surface area contributed by atoms with E-state index in [0.29, 0.717) is 3.83 Å². The second-order valence-corrected chi connectivity index (χ2v) is 5.61. The van der Waals surface area contributed by atoms with E-state index in [0.717, 1.165) is 12.3 Å². The minimum atomic E-state index is 0.0798. The number of halogens is 1. The zero-order valence-electron chi connectivity index (χ0n) is 6.71. The molecule has 0 aromatic carbocycles. The molecule has 1 unspecified atom stereocenters. The number of hydrogen-bond acceptors (Lipinski definition) is 4. The Balaban J connectivity index is 2.28. The van der Waals surface area contributed by atoms with Crippen molar-refractivity contribution >= 4 is 34.4 Å². The zero-order chi connectivity index (χ0) is 8.60. The normalized spacial score (nSPS) is 29.5. The van der Waals surface area contributed by atoms with Crippen LogP contribution in [0.2, 0.25) is 0 Å². The predicted molar refractivity (Wildman–Crippen MR) is 56.1 cm³/mol. The first-order valence-corrected chi connectivity index (χ1v) is 5.91. The number of nitrogens with zero attached hydrogens (tertiary/aromatic N) is 2. The summed E-state index contributed by atoms with van der Waals surface area (Å²) in [5, 5.41) is 3.79. The van der Waals surface area contributed by atoms with E-state index in [1.807, 2.05) is 11.8 Å². The molecule has 3 nitrogen and oxygen atoms in total. The highest BCUT2D eigenvalue weighted by Crippen LogP contribution is 2.45. The van der Waals surface area contributed by atoms with E-state index in [-0.39, 0.29) is 4.75 Å². The molecule has 0 radical (unpaired) electrons. The topological polar surface area (TPSA) is 38.9 Å². The van der Waals surface area contributed by atoms with Crippen molar-refractivity contribution in [1.29, 1.82) is 0 Å². The zero-order valence-corrected chi connectivity index (χ0v) is 9.68. The number of rotatable bonds is 1. The summed E-state index contributed by atoms with van der Waals surface area (Å²) in [6.07, 6.45) is 2.40. The summed E-state index contributed by atoms with van der Waals surface area (Å²) in [4.78, 5) is 4.25. The molecule has 5 heteroatoms. The van der Waals surface area contributed by atoms with Gasteiger partial charge in [0.1, 0.15) is 0 Å². The smallest absolute Gasteiger partial charge is 0.243 e. The van der Waals surface area contributed by atoms with E-state index >= 15 is 0 Å². The Morgan fingerprint density at radius 3 is 3.00 bits per heavy atom. The summed E-state index contributed by atoms with van der Waals surface area (Å²) < 4.78 is 5.95. The second kappa shape index (κ2) is 3.17. The molecule has 0 N–H and O–H groups in total. The molecule has 1 atom stereocenters. The number of aromatic nitrogens is 2. The minimum absolute atomic E-state index is 0.0798. The van der Waals surface area contributed by atoms with Crippen molar-refractivity contribution in [2.75, 3.05) is 5.75 Å². The summed E-state index contributed by atoms with van der Waals surface area (Å²) in [5.41, 5.74) is 0. The molecule has 1 fully saturated rings. The lowest BCUT2D eigenvalue weighted by molar-refractivity contribution is 0.341. The quantitative estimate of drug-likeness (QED) is 0.746. The van der Waals surface area contributed by atoms with Gasteiger partial charge >= 0.3 is 0 Å². The maximum absolute atomic E-state index is 5.16. The van der Waals surface area contributed by atoms with Crippen molar-refractivity contribution in [3.63, 3.8) is 0 Å². The molecule has 2 rings (SSSR count). The summed E-state index contributed by atoms with van der Waals surface area (Å²) in [6, 6.07) is 0. The molecule has 1 saturated heterocycles. The van der Waals surface area contributed by atoms with Crippen LogP contribution < -0.4 is 0 Å². The van der Waals surface area contributed by atoms with Crippen LogP contribution >= 0.6 is 34.4 Å². The highest BCUT2D eigenvalue weighted by molar-refractivity contribution is 14.1. The van der Waals surface area contributed by atoms with Gasteiger partial charge in [0.15, 0.2) is 0 Å². The summed E-state index contributed by atoms with van der Waals surface area (Å²) in [5.74, 6) is 1.99. The van der Waals surface area contributed by atoms with E-state index in [4.69, 9.17) is 4.52 Å². The standard InChI is InChI=1S/C7H9IN2OS/c1-7(3-2-4-12-7)5-9-6(8)10-11-5/h2-4H2,1H3. The molecular weight excluding hydrogens is 287 g/mol. The second-order valence-electron chi connectivity index (χ2n) is 3.05. The fourth-order valence-electron chi connectivity index (χ4n) is 1.37. The lowest BCUT2D eigenvalue weighted by Crippen LogP contribution is -2.12. The molecule has 1 aromatic heterocycles. The lowest BCUT2D eigenvalue weighted by atomic mass is 10.1. The van der Waals surface area contributed by atoms with Gasteiger partial charge in [0.25, 0.3) is 0 Å². The Morgan fingerprint density at radius 2 is 2.50 bits per heavy atom. The minimum Gasteiger partial charge on any atom is -0.337 e. The van der Waals surface area contributed by atoms with Gasteiger partial charge in [0.05, 0.1) is 4.75 Å². The van der Waals surface area contributed by atoms with Gasteiger partial charge in [0.2, 0.25) is 9.72 Å². The molecule has 12 heavy (non-hydrogen) atoms. The number of thioether (sulfide) groups is 1. The van der Waals surface area contributed by atoms with Crippen LogP contribution in [0.25, 0.3) is 0 Å². The third-order valence-electron chi connectivity index (χ3n) is 2.07. The third kappa shape index (κ3) is 1.48. The van der Waals surface area contributed by atoms with Crippen molar-refractivity contribution < 1.29 is 4.52 Å². The van der Waals surface area contributed by atoms with E-state index in [1.54, 1.807) is 0 Å². The maximum atomic E-state index is 5.16. The van der Waals surface area contributed by atoms with Gasteiger partial charge in [0, 0.05) is 22.6 Å². The van der Waals surface area contributed by atoms with Gasteiger partial charge in [-0.1, -0.05) is 5.16 Å². The Kier molecular flexibility index (Phi) is 2.33. The van der Waals surface area contributed by atoms with Crippen LogP contribution in [0.4, 0.5) is 0 Å². The average molecular weight is 296 g/mol. The van der Waals surface area contributed by atoms with Crippen LogP contribution in [-0.2, 0) is 4.75 Å². The van der Waals surface area contributed by atoms with Crippen LogP contribution in [0.15, 0.2) is 4.52 Å². The molecule has 1 aliphatic heterocycles. The fraction of sp³-hybridized carbons (Fsp3) is 0.714. The molecule has 0 bridgehead atoms. The summed E-state index contributed by atoms with van der Waals surface area (Å²) in [7, 11) is 0. The Labute approximate surface area is 88.8 Å². The van der Waals surface area contributed by atoms with Crippen molar-refractivity contribution in [1.82, 2.24) is 10.1 Å². The van der Waals surface area contributed by atoms with E-state index in [9.17, 15) is 0 Å². The van der Waals surface area contributed by atoms with Crippen LogP contribution in [0.5, 0.6) is 0 Å². The van der Waals surface area contributed by atoms with Gasteiger partial charge in [-0.2, -0.15) is 4.98 Å². The summed E-state index contributed by atoms with van der Waals surface area (Å²) in [6.45, 7) is 2.17. The van der Waals surface area contributed by atoms with E-state index in [2.05, 4.69) is 39.7 Å². The fourth-order valence-corrected chi connectivity index (χ4v) is 2.92. The van der Waals surface area contributed by atoms with Crippen LogP contribution in [0.3, 0.4) is 0 Å². The molecule has 66 valence electrons. The van der Waals surface area contributed by atoms with E-state index < -0.39 is 0 Å². The highest BCUT2D eigenvalue weighted by Gasteiger charge is 2.36. The maximum Gasteiger partial charge on any atom is 0.243 e. The Morgan fingerprint density at radius 1 is 1.67 bits per heavy atom. The van der Waals surface area contributed by atoms with Crippen molar-refractivity contribution in [2.24, 2.45) is 0 Å². The van der Waals surface area contributed by atoms with Crippen LogP contribution in [-0.4, -0.2) is 15.9 Å². The third-order valence-corrected chi connectivity index (χ3v) is 4.02. The Hall–Kier alpha value is 0.220. The van der Waals surface area contributed by atoms with Gasteiger partial charge in [-0.05, 0) is 25.5 Å². The van der Waals surface area contributed by atoms with Gasteiger partial charge in [-0.3, -0.25) is 0 Å². The van der Waals surface area contributed by atoms with Gasteiger partial charge in [-0.25, -0.2) is 0 Å². The molecule has 0 spiro atoms. The van der Waals surface area contributed by atoms with Crippen molar-refractivity contribution in [2.45, 2.75) is 24.5 Å². The summed E-state index contributed by atoms with van der Waals surface area (Å²) >= 11 is 3.98. The largest absolute Gasteiger partial charge is 0.337 e. The lowest BCUT2D eigenvalue weighted by Gasteiger charge is -2.15. The SMILES string of the molecule is CC1(c2nc(I)no2)CCCS1. The molecule has 0 aliphatic carbocycles. The predicted octanol–water partition coefficient (Wildman–Crippen LogP) is 2.42. The first-order chi connectivity index (χ1) is 5.71. The molecule has 0 amide bonds. The van der Waals surface area contributed by atoms with Gasteiger partial charge in [-0.15, -0.1) is 11.8 Å². The number of hydrogen-bond donors (Lipinski definition) is 0. The van der Waals surface area contributed by atoms with Crippen LogP contribution in [0.1, 0.15) is 25.7 Å². The van der Waals surface area contributed by atoms with E-state index in [1.165, 1.54) is 12.2 Å². The van der Waals surface area contributed by atoms with Crippen molar-refractivity contribution in [3.8, 4) is 0 Å². The molecule has 2 heterocycles. The first-order valence-electron chi connectivity index (χ1n) is 3.84. The average Bonchev–Trinajstić information content (AvgIpc) is 2.59. The molecule has 0 saturated carbocycles.